The minimum absolute atomic E-state index is 0.0919. The van der Waals surface area contributed by atoms with Crippen molar-refractivity contribution in [2.75, 3.05) is 0 Å². The van der Waals surface area contributed by atoms with Gasteiger partial charge in [-0.2, -0.15) is 0 Å². The molecule has 7 aromatic carbocycles. The summed E-state index contributed by atoms with van der Waals surface area (Å²) in [7, 11) is 0. The molecular formula is C48H35N3. The summed E-state index contributed by atoms with van der Waals surface area (Å²) in [5.74, 6) is 1.93. The van der Waals surface area contributed by atoms with E-state index in [1.807, 2.05) is 12.1 Å². The van der Waals surface area contributed by atoms with Crippen molar-refractivity contribution >= 4 is 0 Å². The number of hydrogen-bond donors (Lipinski definition) is 0. The lowest BCUT2D eigenvalue weighted by Crippen LogP contribution is -2.16. The van der Waals surface area contributed by atoms with E-state index in [4.69, 9.17) is 15.0 Å². The molecule has 0 aliphatic heterocycles. The minimum atomic E-state index is -0.0919. The van der Waals surface area contributed by atoms with Crippen molar-refractivity contribution in [1.29, 1.82) is 0 Å². The van der Waals surface area contributed by atoms with E-state index < -0.39 is 0 Å². The summed E-state index contributed by atoms with van der Waals surface area (Å²) in [5.41, 5.74) is 15.2. The third kappa shape index (κ3) is 5.53. The summed E-state index contributed by atoms with van der Waals surface area (Å²) in [6.07, 6.45) is 0. The van der Waals surface area contributed by atoms with E-state index in [9.17, 15) is 0 Å². The number of rotatable bonds is 6. The molecule has 0 amide bonds. The third-order valence-corrected chi connectivity index (χ3v) is 10.2. The molecule has 8 aromatic rings. The second kappa shape index (κ2) is 12.5. The van der Waals surface area contributed by atoms with Crippen molar-refractivity contribution in [2.45, 2.75) is 19.3 Å². The predicted molar refractivity (Wildman–Crippen MR) is 210 cm³/mol. The van der Waals surface area contributed by atoms with Crippen molar-refractivity contribution in [3.8, 4) is 78.7 Å². The lowest BCUT2D eigenvalue weighted by atomic mass is 9.79. The standard InChI is InChI=1S/C48H35N3/c1-48(2)43-19-10-9-16-41(43)42-18-11-17-40(44(42)48)36-24-30-39(31-25-36)47-50-45(37-26-20-34(21-27-37)32-12-5-3-6-13-32)49-46(51-47)38-28-22-35(23-29-38)33-14-7-4-8-15-33/h3-31H,1-2H3. The number of hydrogen-bond acceptors (Lipinski definition) is 3. The van der Waals surface area contributed by atoms with Crippen molar-refractivity contribution < 1.29 is 0 Å². The summed E-state index contributed by atoms with van der Waals surface area (Å²) in [5, 5.41) is 0. The Kier molecular flexibility index (Phi) is 7.48. The molecule has 0 N–H and O–H groups in total. The smallest absolute Gasteiger partial charge is 0.164 e. The molecule has 1 aliphatic rings. The van der Waals surface area contributed by atoms with Gasteiger partial charge in [-0.3, -0.25) is 0 Å². The Balaban J connectivity index is 1.11. The second-order valence-corrected chi connectivity index (χ2v) is 13.7. The first-order chi connectivity index (χ1) is 25.0. The topological polar surface area (TPSA) is 38.7 Å². The fourth-order valence-electron chi connectivity index (χ4n) is 7.54. The molecule has 0 saturated heterocycles. The van der Waals surface area contributed by atoms with E-state index >= 15 is 0 Å². The van der Waals surface area contributed by atoms with Crippen LogP contribution in [-0.2, 0) is 5.41 Å². The highest BCUT2D eigenvalue weighted by Gasteiger charge is 2.37. The van der Waals surface area contributed by atoms with E-state index in [1.165, 1.54) is 44.5 Å². The summed E-state index contributed by atoms with van der Waals surface area (Å²) < 4.78 is 0. The van der Waals surface area contributed by atoms with Crippen LogP contribution >= 0.6 is 0 Å². The van der Waals surface area contributed by atoms with Crippen LogP contribution in [0.1, 0.15) is 25.0 Å². The summed E-state index contributed by atoms with van der Waals surface area (Å²) in [4.78, 5) is 15.1. The fraction of sp³-hybridized carbons (Fsp3) is 0.0625. The first-order valence-electron chi connectivity index (χ1n) is 17.4. The maximum Gasteiger partial charge on any atom is 0.164 e. The zero-order valence-electron chi connectivity index (χ0n) is 28.6. The first kappa shape index (κ1) is 30.6. The van der Waals surface area contributed by atoms with Crippen LogP contribution in [0, 0.1) is 0 Å². The number of aromatic nitrogens is 3. The predicted octanol–water partition coefficient (Wildman–Crippen LogP) is 12.2. The van der Waals surface area contributed by atoms with E-state index in [-0.39, 0.29) is 5.41 Å². The highest BCUT2D eigenvalue weighted by atomic mass is 15.0. The molecule has 3 nitrogen and oxygen atoms in total. The Morgan fingerprint density at radius 3 is 1.14 bits per heavy atom. The highest BCUT2D eigenvalue weighted by Crippen LogP contribution is 2.52. The largest absolute Gasteiger partial charge is 0.208 e. The van der Waals surface area contributed by atoms with Crippen LogP contribution in [0.5, 0.6) is 0 Å². The maximum absolute atomic E-state index is 5.06. The molecule has 0 saturated carbocycles. The van der Waals surface area contributed by atoms with Gasteiger partial charge < -0.3 is 0 Å². The van der Waals surface area contributed by atoms with Gasteiger partial charge in [0.1, 0.15) is 0 Å². The van der Waals surface area contributed by atoms with E-state index in [0.717, 1.165) is 27.8 Å². The van der Waals surface area contributed by atoms with Gasteiger partial charge in [-0.15, -0.1) is 0 Å². The van der Waals surface area contributed by atoms with Crippen LogP contribution in [0.2, 0.25) is 0 Å². The lowest BCUT2D eigenvalue weighted by molar-refractivity contribution is 0.662. The molecule has 242 valence electrons. The van der Waals surface area contributed by atoms with Gasteiger partial charge >= 0.3 is 0 Å². The van der Waals surface area contributed by atoms with Crippen LogP contribution in [0.4, 0.5) is 0 Å². The number of benzene rings is 7. The molecule has 1 heterocycles. The van der Waals surface area contributed by atoms with Crippen LogP contribution in [-0.4, -0.2) is 15.0 Å². The molecule has 9 rings (SSSR count). The van der Waals surface area contributed by atoms with Gasteiger partial charge in [0.2, 0.25) is 0 Å². The molecule has 51 heavy (non-hydrogen) atoms. The van der Waals surface area contributed by atoms with Crippen LogP contribution in [0.25, 0.3) is 78.7 Å². The van der Waals surface area contributed by atoms with Crippen LogP contribution in [0.15, 0.2) is 176 Å². The van der Waals surface area contributed by atoms with Gasteiger partial charge in [0.25, 0.3) is 0 Å². The molecule has 0 bridgehead atoms. The number of nitrogens with zero attached hydrogens (tertiary/aromatic N) is 3. The van der Waals surface area contributed by atoms with Crippen LogP contribution in [0.3, 0.4) is 0 Å². The zero-order valence-corrected chi connectivity index (χ0v) is 28.6. The quantitative estimate of drug-likeness (QED) is 0.179. The molecule has 0 spiro atoms. The monoisotopic (exact) mass is 653 g/mol. The Labute approximate surface area is 299 Å². The fourth-order valence-corrected chi connectivity index (χ4v) is 7.54. The summed E-state index contributed by atoms with van der Waals surface area (Å²) in [6, 6.07) is 61.9. The van der Waals surface area contributed by atoms with E-state index in [0.29, 0.717) is 17.5 Å². The van der Waals surface area contributed by atoms with Gasteiger partial charge in [-0.1, -0.05) is 190 Å². The lowest BCUT2D eigenvalue weighted by Gasteiger charge is -2.24. The molecule has 0 unspecified atom stereocenters. The number of fused-ring (bicyclic) bond motifs is 3. The summed E-state index contributed by atoms with van der Waals surface area (Å²) in [6.45, 7) is 4.67. The van der Waals surface area contributed by atoms with Gasteiger partial charge in [-0.05, 0) is 55.6 Å². The van der Waals surface area contributed by atoms with Crippen molar-refractivity contribution in [3.63, 3.8) is 0 Å². The van der Waals surface area contributed by atoms with Crippen molar-refractivity contribution in [2.24, 2.45) is 0 Å². The van der Waals surface area contributed by atoms with Crippen molar-refractivity contribution in [3.05, 3.63) is 187 Å². The molecule has 0 fully saturated rings. The van der Waals surface area contributed by atoms with Crippen molar-refractivity contribution in [1.82, 2.24) is 15.0 Å². The van der Waals surface area contributed by atoms with Crippen LogP contribution < -0.4 is 0 Å². The van der Waals surface area contributed by atoms with Gasteiger partial charge in [0, 0.05) is 22.1 Å². The molecule has 1 aromatic heterocycles. The maximum atomic E-state index is 5.06. The molecule has 1 aliphatic carbocycles. The van der Waals surface area contributed by atoms with E-state index in [1.54, 1.807) is 0 Å². The average Bonchev–Trinajstić information content (AvgIpc) is 3.45. The first-order valence-corrected chi connectivity index (χ1v) is 17.4. The second-order valence-electron chi connectivity index (χ2n) is 13.7. The van der Waals surface area contributed by atoms with Gasteiger partial charge in [0.05, 0.1) is 0 Å². The molecule has 0 atom stereocenters. The Morgan fingerprint density at radius 2 is 0.647 bits per heavy atom. The Bertz CT molecular complexity index is 2400. The summed E-state index contributed by atoms with van der Waals surface area (Å²) >= 11 is 0. The highest BCUT2D eigenvalue weighted by molar-refractivity contribution is 5.88. The normalized spacial score (nSPS) is 12.7. The Hall–Kier alpha value is -6.45. The minimum Gasteiger partial charge on any atom is -0.208 e. The molecule has 3 heteroatoms. The van der Waals surface area contributed by atoms with Gasteiger partial charge in [-0.25, -0.2) is 15.0 Å². The SMILES string of the molecule is CC1(C)c2ccccc2-c2cccc(-c3ccc(-c4nc(-c5ccc(-c6ccccc6)cc5)nc(-c5ccc(-c6ccccc6)cc5)n4)cc3)c21. The van der Waals surface area contributed by atoms with E-state index in [2.05, 4.69) is 178 Å². The van der Waals surface area contributed by atoms with Gasteiger partial charge in [0.15, 0.2) is 17.5 Å². The molecule has 0 radical (unpaired) electrons. The Morgan fingerprint density at radius 1 is 0.294 bits per heavy atom. The zero-order chi connectivity index (χ0) is 34.4. The molecular weight excluding hydrogens is 619 g/mol. The third-order valence-electron chi connectivity index (χ3n) is 10.2. The average molecular weight is 654 g/mol.